The maximum atomic E-state index is 12.4. The fourth-order valence-electron chi connectivity index (χ4n) is 2.46. The Kier molecular flexibility index (Phi) is 6.62. The quantitative estimate of drug-likeness (QED) is 0.759. The number of carbonyl (C=O) groups excluding carboxylic acids is 1. The Morgan fingerprint density at radius 3 is 2.33 bits per heavy atom. The van der Waals surface area contributed by atoms with Crippen molar-refractivity contribution in [3.8, 4) is 5.75 Å². The van der Waals surface area contributed by atoms with Crippen LogP contribution in [0, 0.1) is 0 Å². The van der Waals surface area contributed by atoms with Gasteiger partial charge in [-0.25, -0.2) is 13.1 Å². The third-order valence-corrected chi connectivity index (χ3v) is 5.22. The molecule has 0 fully saturated rings. The van der Waals surface area contributed by atoms with E-state index in [2.05, 4.69) is 10.0 Å². The van der Waals surface area contributed by atoms with Crippen molar-refractivity contribution >= 4 is 21.6 Å². The summed E-state index contributed by atoms with van der Waals surface area (Å²) in [6.45, 7) is 7.81. The summed E-state index contributed by atoms with van der Waals surface area (Å²) in [5, 5.41) is 2.74. The molecule has 0 bridgehead atoms. The van der Waals surface area contributed by atoms with Crippen LogP contribution >= 0.6 is 0 Å². The molecule has 27 heavy (non-hydrogen) atoms. The molecule has 2 rings (SSSR count). The number of nitrogens with one attached hydrogen (secondary N) is 2. The summed E-state index contributed by atoms with van der Waals surface area (Å²) < 4.78 is 32.8. The molecular weight excluding hydrogens is 364 g/mol. The maximum Gasteiger partial charge on any atom is 0.241 e. The van der Waals surface area contributed by atoms with Crippen molar-refractivity contribution in [1.29, 1.82) is 0 Å². The van der Waals surface area contributed by atoms with Gasteiger partial charge in [-0.15, -0.1) is 0 Å². The summed E-state index contributed by atoms with van der Waals surface area (Å²) >= 11 is 0. The van der Waals surface area contributed by atoms with Crippen LogP contribution in [-0.2, 0) is 21.2 Å². The van der Waals surface area contributed by atoms with E-state index in [1.807, 2.05) is 31.2 Å². The minimum absolute atomic E-state index is 0.108. The zero-order valence-corrected chi connectivity index (χ0v) is 16.9. The first kappa shape index (κ1) is 20.9. The summed E-state index contributed by atoms with van der Waals surface area (Å²) in [4.78, 5) is 12.4. The van der Waals surface area contributed by atoms with E-state index < -0.39 is 15.6 Å². The summed E-state index contributed by atoms with van der Waals surface area (Å²) in [7, 11) is -3.66. The van der Waals surface area contributed by atoms with E-state index in [0.29, 0.717) is 12.3 Å². The third kappa shape index (κ3) is 6.69. The fourth-order valence-corrected chi connectivity index (χ4v) is 3.93. The molecule has 7 heteroatoms. The maximum absolute atomic E-state index is 12.4. The Morgan fingerprint density at radius 1 is 1.07 bits per heavy atom. The third-order valence-electron chi connectivity index (χ3n) is 3.47. The lowest BCUT2D eigenvalue weighted by Gasteiger charge is -2.20. The molecule has 2 aromatic rings. The molecule has 0 aliphatic rings. The molecule has 0 spiro atoms. The minimum Gasteiger partial charge on any atom is -0.494 e. The number of benzene rings is 2. The second-order valence-electron chi connectivity index (χ2n) is 7.19. The number of ether oxygens (including phenoxy) is 1. The van der Waals surface area contributed by atoms with Crippen molar-refractivity contribution in [3.63, 3.8) is 0 Å². The highest BCUT2D eigenvalue weighted by Gasteiger charge is 2.22. The van der Waals surface area contributed by atoms with E-state index in [0.717, 1.165) is 11.3 Å². The van der Waals surface area contributed by atoms with E-state index in [1.165, 1.54) is 12.1 Å². The predicted octanol–water partition coefficient (Wildman–Crippen LogP) is 3.34. The summed E-state index contributed by atoms with van der Waals surface area (Å²) in [5.41, 5.74) is 0.683. The monoisotopic (exact) mass is 390 g/mol. The number of anilines is 1. The van der Waals surface area contributed by atoms with Gasteiger partial charge in [0, 0.05) is 11.2 Å². The molecule has 2 aromatic carbocycles. The van der Waals surface area contributed by atoms with Gasteiger partial charge in [0.1, 0.15) is 5.75 Å². The van der Waals surface area contributed by atoms with Crippen molar-refractivity contribution in [2.75, 3.05) is 11.9 Å². The van der Waals surface area contributed by atoms with Crippen LogP contribution in [-0.4, -0.2) is 26.5 Å². The van der Waals surface area contributed by atoms with Gasteiger partial charge in [-0.1, -0.05) is 18.2 Å². The Bertz CT molecular complexity index is 885. The number of amides is 1. The summed E-state index contributed by atoms with van der Waals surface area (Å²) in [5.74, 6) is 0.531. The second kappa shape index (κ2) is 8.54. The van der Waals surface area contributed by atoms with Gasteiger partial charge in [-0.3, -0.25) is 4.79 Å². The molecule has 146 valence electrons. The number of sulfonamides is 1. The smallest absolute Gasteiger partial charge is 0.241 e. The molecule has 1 amide bonds. The molecule has 2 N–H and O–H groups in total. The van der Waals surface area contributed by atoms with Gasteiger partial charge in [0.25, 0.3) is 0 Å². The Morgan fingerprint density at radius 2 is 1.74 bits per heavy atom. The summed E-state index contributed by atoms with van der Waals surface area (Å²) in [6, 6.07) is 13.5. The molecule has 0 aromatic heterocycles. The number of carbonyl (C=O) groups is 1. The van der Waals surface area contributed by atoms with Crippen molar-refractivity contribution in [2.24, 2.45) is 0 Å². The molecule has 6 nitrogen and oxygen atoms in total. The first-order valence-electron chi connectivity index (χ1n) is 8.75. The van der Waals surface area contributed by atoms with Gasteiger partial charge < -0.3 is 10.1 Å². The highest BCUT2D eigenvalue weighted by molar-refractivity contribution is 7.89. The molecule has 0 heterocycles. The molecule has 0 saturated carbocycles. The first-order valence-corrected chi connectivity index (χ1v) is 10.2. The first-order chi connectivity index (χ1) is 12.6. The highest BCUT2D eigenvalue weighted by atomic mass is 32.2. The average molecular weight is 391 g/mol. The molecule has 0 aliphatic heterocycles. The Labute approximate surface area is 161 Å². The van der Waals surface area contributed by atoms with Crippen molar-refractivity contribution in [3.05, 3.63) is 54.1 Å². The zero-order valence-electron chi connectivity index (χ0n) is 16.1. The largest absolute Gasteiger partial charge is 0.494 e. The average Bonchev–Trinajstić information content (AvgIpc) is 2.55. The molecule has 0 unspecified atom stereocenters. The standard InChI is InChI=1S/C20H26N2O4S/c1-5-26-17-11-9-15(10-12-17)13-19(23)21-16-7-6-8-18(14-16)27(24,25)22-20(2,3)4/h6-12,14,22H,5,13H2,1-4H3,(H,21,23). The lowest BCUT2D eigenvalue weighted by Crippen LogP contribution is -2.40. The lowest BCUT2D eigenvalue weighted by atomic mass is 10.1. The van der Waals surface area contributed by atoms with Crippen LogP contribution < -0.4 is 14.8 Å². The molecule has 0 saturated heterocycles. The lowest BCUT2D eigenvalue weighted by molar-refractivity contribution is -0.115. The van der Waals surface area contributed by atoms with Crippen molar-refractivity contribution in [1.82, 2.24) is 4.72 Å². The minimum atomic E-state index is -3.66. The number of rotatable bonds is 7. The Balaban J connectivity index is 2.06. The van der Waals surface area contributed by atoms with E-state index in [-0.39, 0.29) is 17.2 Å². The fraction of sp³-hybridized carbons (Fsp3) is 0.350. The second-order valence-corrected chi connectivity index (χ2v) is 8.87. The van der Waals surface area contributed by atoms with Gasteiger partial charge in [0.15, 0.2) is 0 Å². The molecule has 0 radical (unpaired) electrons. The van der Waals surface area contributed by atoms with Crippen LogP contribution in [0.25, 0.3) is 0 Å². The van der Waals surface area contributed by atoms with Gasteiger partial charge in [-0.05, 0) is 63.6 Å². The van der Waals surface area contributed by atoms with Crippen LogP contribution in [0.5, 0.6) is 5.75 Å². The van der Waals surface area contributed by atoms with E-state index in [1.54, 1.807) is 32.9 Å². The van der Waals surface area contributed by atoms with Gasteiger partial charge >= 0.3 is 0 Å². The molecule has 0 aliphatic carbocycles. The Hall–Kier alpha value is -2.38. The van der Waals surface area contributed by atoms with Crippen LogP contribution in [0.2, 0.25) is 0 Å². The van der Waals surface area contributed by atoms with E-state index in [4.69, 9.17) is 4.74 Å². The van der Waals surface area contributed by atoms with Crippen LogP contribution in [0.1, 0.15) is 33.3 Å². The molecular formula is C20H26N2O4S. The number of hydrogen-bond donors (Lipinski definition) is 2. The van der Waals surface area contributed by atoms with Crippen LogP contribution in [0.4, 0.5) is 5.69 Å². The van der Waals surface area contributed by atoms with Crippen molar-refractivity contribution < 1.29 is 17.9 Å². The normalized spacial score (nSPS) is 11.9. The number of hydrogen-bond acceptors (Lipinski definition) is 4. The van der Waals surface area contributed by atoms with Gasteiger partial charge in [0.05, 0.1) is 17.9 Å². The van der Waals surface area contributed by atoms with Crippen LogP contribution in [0.3, 0.4) is 0 Å². The van der Waals surface area contributed by atoms with Gasteiger partial charge in [-0.2, -0.15) is 0 Å². The SMILES string of the molecule is CCOc1ccc(CC(=O)Nc2cccc(S(=O)(=O)NC(C)(C)C)c2)cc1. The van der Waals surface area contributed by atoms with Crippen molar-refractivity contribution in [2.45, 2.75) is 44.6 Å². The molecule has 0 atom stereocenters. The van der Waals surface area contributed by atoms with Gasteiger partial charge in [0.2, 0.25) is 15.9 Å². The highest BCUT2D eigenvalue weighted by Crippen LogP contribution is 2.18. The summed E-state index contributed by atoms with van der Waals surface area (Å²) in [6.07, 6.45) is 0.184. The van der Waals surface area contributed by atoms with Crippen LogP contribution in [0.15, 0.2) is 53.4 Å². The van der Waals surface area contributed by atoms with E-state index >= 15 is 0 Å². The zero-order chi connectivity index (χ0) is 20.1. The topological polar surface area (TPSA) is 84.5 Å². The van der Waals surface area contributed by atoms with E-state index in [9.17, 15) is 13.2 Å². The predicted molar refractivity (Wildman–Crippen MR) is 106 cm³/mol.